The molecule has 8 heteroatoms. The number of nitrogens with zero attached hydrogens (tertiary/aromatic N) is 2. The Bertz CT molecular complexity index is 911. The van der Waals surface area contributed by atoms with Crippen LogP contribution in [0.1, 0.15) is 23.2 Å². The highest BCUT2D eigenvalue weighted by molar-refractivity contribution is 6.42. The maximum atomic E-state index is 11.5. The minimum Gasteiger partial charge on any atom is -0.461 e. The second-order valence-electron chi connectivity index (χ2n) is 5.23. The molecule has 6 nitrogen and oxygen atoms in total. The second kappa shape index (κ2) is 7.72. The number of pyridine rings is 1. The molecule has 0 atom stereocenters. The van der Waals surface area contributed by atoms with Crippen molar-refractivity contribution in [1.29, 1.82) is 0 Å². The van der Waals surface area contributed by atoms with Gasteiger partial charge in [-0.1, -0.05) is 28.4 Å². The lowest BCUT2D eigenvalue weighted by Crippen LogP contribution is -2.06. The molecule has 2 heterocycles. The highest BCUT2D eigenvalue weighted by Crippen LogP contribution is 2.27. The van der Waals surface area contributed by atoms with Gasteiger partial charge in [-0.3, -0.25) is 0 Å². The number of hydrogen-bond acceptors (Lipinski definition) is 6. The van der Waals surface area contributed by atoms with Gasteiger partial charge in [-0.2, -0.15) is 0 Å². The number of carbonyl (C=O) groups is 1. The van der Waals surface area contributed by atoms with Crippen LogP contribution in [0.5, 0.6) is 0 Å². The summed E-state index contributed by atoms with van der Waals surface area (Å²) >= 11 is 12.0. The number of esters is 1. The molecule has 0 aliphatic heterocycles. The number of anilines is 1. The van der Waals surface area contributed by atoms with Gasteiger partial charge in [0.2, 0.25) is 0 Å². The summed E-state index contributed by atoms with van der Waals surface area (Å²) in [5, 5.41) is 8.77. The molecule has 0 saturated heterocycles. The van der Waals surface area contributed by atoms with E-state index in [2.05, 4.69) is 15.5 Å². The third-order valence-electron chi connectivity index (χ3n) is 3.45. The number of benzene rings is 1. The maximum Gasteiger partial charge on any atom is 0.360 e. The maximum absolute atomic E-state index is 11.5. The average Bonchev–Trinajstić information content (AvgIpc) is 3.05. The van der Waals surface area contributed by atoms with Crippen molar-refractivity contribution in [1.82, 2.24) is 10.1 Å². The number of halogens is 2. The van der Waals surface area contributed by atoms with Crippen LogP contribution in [-0.2, 0) is 11.2 Å². The Balaban J connectivity index is 1.61. The number of aromatic nitrogens is 2. The number of ether oxygens (including phenoxy) is 1. The topological polar surface area (TPSA) is 77.2 Å². The summed E-state index contributed by atoms with van der Waals surface area (Å²) in [6.07, 6.45) is 0.549. The van der Waals surface area contributed by atoms with Gasteiger partial charge in [-0.05, 0) is 31.2 Å². The third kappa shape index (κ3) is 4.21. The van der Waals surface area contributed by atoms with E-state index in [-0.39, 0.29) is 5.69 Å². The first-order chi connectivity index (χ1) is 12.1. The van der Waals surface area contributed by atoms with E-state index in [1.54, 1.807) is 25.1 Å². The van der Waals surface area contributed by atoms with E-state index < -0.39 is 5.97 Å². The van der Waals surface area contributed by atoms with Crippen molar-refractivity contribution < 1.29 is 14.1 Å². The lowest BCUT2D eigenvalue weighted by molar-refractivity contribution is 0.0514. The largest absolute Gasteiger partial charge is 0.461 e. The molecule has 1 aromatic carbocycles. The van der Waals surface area contributed by atoms with E-state index in [0.29, 0.717) is 41.2 Å². The summed E-state index contributed by atoms with van der Waals surface area (Å²) in [6, 6.07) is 8.86. The fourth-order valence-electron chi connectivity index (χ4n) is 2.26. The molecule has 0 fully saturated rings. The predicted octanol–water partition coefficient (Wildman–Crippen LogP) is 4.36. The fourth-order valence-corrected chi connectivity index (χ4v) is 2.59. The zero-order chi connectivity index (χ0) is 17.8. The van der Waals surface area contributed by atoms with Crippen molar-refractivity contribution in [3.63, 3.8) is 0 Å². The van der Waals surface area contributed by atoms with Gasteiger partial charge in [0.25, 0.3) is 0 Å². The zero-order valence-corrected chi connectivity index (χ0v) is 14.9. The Hall–Kier alpha value is -2.31. The number of fused-ring (bicyclic) bond motifs is 1. The Kier molecular flexibility index (Phi) is 5.40. The average molecular weight is 380 g/mol. The quantitative estimate of drug-likeness (QED) is 0.641. The molecule has 3 rings (SSSR count). The summed E-state index contributed by atoms with van der Waals surface area (Å²) in [5.41, 5.74) is 0.927. The van der Waals surface area contributed by atoms with E-state index in [9.17, 15) is 4.79 Å². The summed E-state index contributed by atoms with van der Waals surface area (Å²) in [6.45, 7) is 2.60. The van der Waals surface area contributed by atoms with Gasteiger partial charge in [-0.15, -0.1) is 0 Å². The van der Waals surface area contributed by atoms with Gasteiger partial charge >= 0.3 is 5.97 Å². The van der Waals surface area contributed by atoms with Crippen molar-refractivity contribution in [3.8, 4) is 0 Å². The van der Waals surface area contributed by atoms with Crippen molar-refractivity contribution in [3.05, 3.63) is 51.8 Å². The SMILES string of the molecule is CCOC(=O)c1cc(CCNc2ccc3cc(Cl)c(Cl)cc3n2)on1. The van der Waals surface area contributed by atoms with Crippen molar-refractivity contribution in [2.45, 2.75) is 13.3 Å². The van der Waals surface area contributed by atoms with Crippen molar-refractivity contribution in [2.24, 2.45) is 0 Å². The normalized spacial score (nSPS) is 10.8. The molecule has 25 heavy (non-hydrogen) atoms. The Morgan fingerprint density at radius 1 is 1.24 bits per heavy atom. The van der Waals surface area contributed by atoms with Crippen LogP contribution in [0.2, 0.25) is 10.0 Å². The first-order valence-corrected chi connectivity index (χ1v) is 8.45. The number of carbonyl (C=O) groups excluding carboxylic acids is 1. The molecule has 2 aromatic heterocycles. The molecule has 0 radical (unpaired) electrons. The molecule has 0 aliphatic carbocycles. The first-order valence-electron chi connectivity index (χ1n) is 7.69. The van der Waals surface area contributed by atoms with E-state index in [1.165, 1.54) is 0 Å². The Labute approximate surface area is 154 Å². The molecule has 0 amide bonds. The monoisotopic (exact) mass is 379 g/mol. The van der Waals surface area contributed by atoms with Crippen molar-refractivity contribution >= 4 is 45.9 Å². The van der Waals surface area contributed by atoms with E-state index >= 15 is 0 Å². The van der Waals surface area contributed by atoms with Gasteiger partial charge in [0, 0.05) is 24.4 Å². The predicted molar refractivity (Wildman–Crippen MR) is 96.4 cm³/mol. The van der Waals surface area contributed by atoms with Gasteiger partial charge in [0.15, 0.2) is 5.69 Å². The van der Waals surface area contributed by atoms with Crippen LogP contribution < -0.4 is 5.32 Å². The molecule has 0 aliphatic rings. The van der Waals surface area contributed by atoms with Gasteiger partial charge in [0.05, 0.1) is 22.2 Å². The standard InChI is InChI=1S/C17H15Cl2N3O3/c1-2-24-17(23)15-8-11(25-22-15)5-6-20-16-4-3-10-7-12(18)13(19)9-14(10)21-16/h3-4,7-9H,2,5-6H2,1H3,(H,20,21). The van der Waals surface area contributed by atoms with Crippen molar-refractivity contribution in [2.75, 3.05) is 18.5 Å². The summed E-state index contributed by atoms with van der Waals surface area (Å²) in [5.74, 6) is 0.805. The highest BCUT2D eigenvalue weighted by atomic mass is 35.5. The fraction of sp³-hybridized carbons (Fsp3) is 0.235. The van der Waals surface area contributed by atoms with Crippen LogP contribution in [0, 0.1) is 0 Å². The zero-order valence-electron chi connectivity index (χ0n) is 13.4. The number of rotatable bonds is 6. The van der Waals surface area contributed by atoms with Crippen LogP contribution in [0.15, 0.2) is 34.9 Å². The van der Waals surface area contributed by atoms with Crippen LogP contribution in [-0.4, -0.2) is 29.3 Å². The Morgan fingerprint density at radius 2 is 2.04 bits per heavy atom. The van der Waals surface area contributed by atoms with Gasteiger partial charge in [0.1, 0.15) is 11.6 Å². The Morgan fingerprint density at radius 3 is 2.84 bits per heavy atom. The molecule has 3 aromatic rings. The first kappa shape index (κ1) is 17.5. The van der Waals surface area contributed by atoms with E-state index in [0.717, 1.165) is 10.9 Å². The molecule has 130 valence electrons. The number of nitrogens with one attached hydrogen (secondary N) is 1. The lowest BCUT2D eigenvalue weighted by atomic mass is 10.2. The highest BCUT2D eigenvalue weighted by Gasteiger charge is 2.13. The minimum atomic E-state index is -0.489. The molecule has 1 N–H and O–H groups in total. The van der Waals surface area contributed by atoms with E-state index in [1.807, 2.05) is 12.1 Å². The van der Waals surface area contributed by atoms with Crippen LogP contribution in [0.4, 0.5) is 5.82 Å². The lowest BCUT2D eigenvalue weighted by Gasteiger charge is -2.06. The molecule has 0 saturated carbocycles. The molecule has 0 bridgehead atoms. The van der Waals surface area contributed by atoms with E-state index in [4.69, 9.17) is 32.5 Å². The van der Waals surface area contributed by atoms with Crippen LogP contribution in [0.25, 0.3) is 10.9 Å². The minimum absolute atomic E-state index is 0.173. The van der Waals surface area contributed by atoms with Crippen LogP contribution in [0.3, 0.4) is 0 Å². The molecular weight excluding hydrogens is 365 g/mol. The second-order valence-corrected chi connectivity index (χ2v) is 6.05. The summed E-state index contributed by atoms with van der Waals surface area (Å²) in [4.78, 5) is 16.0. The molecule has 0 unspecified atom stereocenters. The smallest absolute Gasteiger partial charge is 0.360 e. The summed E-state index contributed by atoms with van der Waals surface area (Å²) in [7, 11) is 0. The van der Waals surface area contributed by atoms with Crippen LogP contribution >= 0.6 is 23.2 Å². The molecular formula is C17H15Cl2N3O3. The third-order valence-corrected chi connectivity index (χ3v) is 4.17. The molecule has 0 spiro atoms. The van der Waals surface area contributed by atoms with Gasteiger partial charge < -0.3 is 14.6 Å². The summed E-state index contributed by atoms with van der Waals surface area (Å²) < 4.78 is 9.99. The number of hydrogen-bond donors (Lipinski definition) is 1. The van der Waals surface area contributed by atoms with Gasteiger partial charge in [-0.25, -0.2) is 9.78 Å².